The van der Waals surface area contributed by atoms with Gasteiger partial charge in [0.15, 0.2) is 24.1 Å². The molecule has 0 saturated heterocycles. The van der Waals surface area contributed by atoms with E-state index in [-0.39, 0.29) is 0 Å². The van der Waals surface area contributed by atoms with Crippen molar-refractivity contribution in [2.75, 3.05) is 25.1 Å². The summed E-state index contributed by atoms with van der Waals surface area (Å²) >= 11 is 0. The summed E-state index contributed by atoms with van der Waals surface area (Å²) in [5.74, 6) is 0.0900. The van der Waals surface area contributed by atoms with Crippen molar-refractivity contribution in [3.05, 3.63) is 60.4 Å². The van der Waals surface area contributed by atoms with Crippen LogP contribution in [0.4, 0.5) is 5.69 Å². The van der Waals surface area contributed by atoms with Gasteiger partial charge in [-0.25, -0.2) is 9.48 Å². The van der Waals surface area contributed by atoms with E-state index < -0.39 is 24.5 Å². The van der Waals surface area contributed by atoms with Gasteiger partial charge < -0.3 is 19.5 Å². The number of aromatic nitrogens is 4. The first kappa shape index (κ1) is 19.4. The largest absolute Gasteiger partial charge is 0.486 e. The van der Waals surface area contributed by atoms with Crippen LogP contribution in [-0.2, 0) is 20.7 Å². The number of hydrogen-bond donors (Lipinski definition) is 1. The van der Waals surface area contributed by atoms with Gasteiger partial charge in [0, 0.05) is 18.2 Å². The molecule has 1 aliphatic rings. The maximum absolute atomic E-state index is 12.6. The standard InChI is InChI=1S/C20H19N5O5/c26-19(22-15-6-7-17-18(11-15)29-9-8-28-17)12-30-20(27)16(25-13-21-23-24-25)10-14-4-2-1-3-5-14/h1-7,11,13,16H,8-10,12H2,(H,22,26)/t16-/m0/s1. The molecule has 10 nitrogen and oxygen atoms in total. The van der Waals surface area contributed by atoms with Gasteiger partial charge in [0.25, 0.3) is 5.91 Å². The molecule has 10 heteroatoms. The summed E-state index contributed by atoms with van der Waals surface area (Å²) in [6.45, 7) is 0.489. The molecular weight excluding hydrogens is 390 g/mol. The molecule has 4 rings (SSSR count). The van der Waals surface area contributed by atoms with Gasteiger partial charge in [-0.05, 0) is 28.1 Å². The third kappa shape index (κ3) is 4.72. The Kier molecular flexibility index (Phi) is 5.83. The normalized spacial score (nSPS) is 13.3. The molecule has 0 aliphatic carbocycles. The number of amides is 1. The van der Waals surface area contributed by atoms with E-state index in [1.165, 1.54) is 11.0 Å². The van der Waals surface area contributed by atoms with E-state index in [0.29, 0.717) is 36.8 Å². The highest BCUT2D eigenvalue weighted by Crippen LogP contribution is 2.32. The van der Waals surface area contributed by atoms with E-state index in [9.17, 15) is 9.59 Å². The van der Waals surface area contributed by atoms with E-state index in [1.54, 1.807) is 18.2 Å². The molecule has 2 heterocycles. The number of ether oxygens (including phenoxy) is 3. The Morgan fingerprint density at radius 3 is 2.67 bits per heavy atom. The van der Waals surface area contributed by atoms with Crippen LogP contribution in [0.15, 0.2) is 54.9 Å². The van der Waals surface area contributed by atoms with Gasteiger partial charge in [-0.2, -0.15) is 0 Å². The summed E-state index contributed by atoms with van der Waals surface area (Å²) in [5.41, 5.74) is 1.43. The summed E-state index contributed by atoms with van der Waals surface area (Å²) in [7, 11) is 0. The maximum Gasteiger partial charge on any atom is 0.331 e. The molecule has 0 spiro atoms. The summed E-state index contributed by atoms with van der Waals surface area (Å²) in [4.78, 5) is 24.9. The zero-order valence-electron chi connectivity index (χ0n) is 15.9. The van der Waals surface area contributed by atoms with Crippen LogP contribution in [-0.4, -0.2) is 51.9 Å². The Labute approximate surface area is 171 Å². The van der Waals surface area contributed by atoms with Crippen LogP contribution in [0.2, 0.25) is 0 Å². The number of nitrogens with one attached hydrogen (secondary N) is 1. The van der Waals surface area contributed by atoms with Crippen molar-refractivity contribution in [3.63, 3.8) is 0 Å². The van der Waals surface area contributed by atoms with Crippen LogP contribution in [0.1, 0.15) is 11.6 Å². The van der Waals surface area contributed by atoms with Crippen LogP contribution >= 0.6 is 0 Å². The molecule has 0 bridgehead atoms. The third-order valence-electron chi connectivity index (χ3n) is 4.40. The minimum absolute atomic E-state index is 0.328. The number of benzene rings is 2. The molecule has 1 amide bonds. The number of nitrogens with zero attached hydrogens (tertiary/aromatic N) is 4. The van der Waals surface area contributed by atoms with Gasteiger partial charge in [-0.1, -0.05) is 30.3 Å². The number of carbonyl (C=O) groups excluding carboxylic acids is 2. The van der Waals surface area contributed by atoms with Crippen LogP contribution < -0.4 is 14.8 Å². The highest BCUT2D eigenvalue weighted by atomic mass is 16.6. The van der Waals surface area contributed by atoms with E-state index >= 15 is 0 Å². The molecule has 154 valence electrons. The minimum Gasteiger partial charge on any atom is -0.486 e. The first-order valence-corrected chi connectivity index (χ1v) is 9.31. The lowest BCUT2D eigenvalue weighted by Crippen LogP contribution is -2.28. The molecule has 0 saturated carbocycles. The second kappa shape index (κ2) is 9.03. The van der Waals surface area contributed by atoms with Crippen LogP contribution in [0.25, 0.3) is 0 Å². The van der Waals surface area contributed by atoms with Gasteiger partial charge in [0.1, 0.15) is 19.5 Å². The number of hydrogen-bond acceptors (Lipinski definition) is 8. The lowest BCUT2D eigenvalue weighted by Gasteiger charge is -2.19. The summed E-state index contributed by atoms with van der Waals surface area (Å²) in [6, 6.07) is 13.7. The summed E-state index contributed by atoms with van der Waals surface area (Å²) in [5, 5.41) is 13.6. The monoisotopic (exact) mass is 409 g/mol. The average Bonchev–Trinajstić information content (AvgIpc) is 3.31. The minimum atomic E-state index is -0.788. The van der Waals surface area contributed by atoms with E-state index in [4.69, 9.17) is 14.2 Å². The fourth-order valence-corrected chi connectivity index (χ4v) is 2.98. The van der Waals surface area contributed by atoms with E-state index in [1.807, 2.05) is 30.3 Å². The zero-order chi connectivity index (χ0) is 20.8. The predicted octanol–water partition coefficient (Wildman–Crippen LogP) is 1.41. The van der Waals surface area contributed by atoms with Crippen molar-refractivity contribution >= 4 is 17.6 Å². The Morgan fingerprint density at radius 2 is 1.90 bits per heavy atom. The Hall–Kier alpha value is -3.95. The molecule has 1 N–H and O–H groups in total. The number of anilines is 1. The molecular formula is C20H19N5O5. The fourth-order valence-electron chi connectivity index (χ4n) is 2.98. The molecule has 1 aliphatic heterocycles. The van der Waals surface area contributed by atoms with Crippen molar-refractivity contribution < 1.29 is 23.8 Å². The van der Waals surface area contributed by atoms with E-state index in [0.717, 1.165) is 5.56 Å². The number of rotatable bonds is 7. The highest BCUT2D eigenvalue weighted by molar-refractivity contribution is 5.93. The van der Waals surface area contributed by atoms with Crippen LogP contribution in [0.3, 0.4) is 0 Å². The average molecular weight is 409 g/mol. The molecule has 1 atom stereocenters. The molecule has 0 fully saturated rings. The van der Waals surface area contributed by atoms with Gasteiger partial charge in [0.2, 0.25) is 0 Å². The molecule has 0 radical (unpaired) electrons. The number of esters is 1. The van der Waals surface area contributed by atoms with Crippen molar-refractivity contribution in [3.8, 4) is 11.5 Å². The second-order valence-electron chi connectivity index (χ2n) is 6.51. The number of fused-ring (bicyclic) bond motifs is 1. The van der Waals surface area contributed by atoms with Crippen molar-refractivity contribution in [1.82, 2.24) is 20.2 Å². The quantitative estimate of drug-likeness (QED) is 0.582. The lowest BCUT2D eigenvalue weighted by atomic mass is 10.1. The molecule has 0 unspecified atom stereocenters. The van der Waals surface area contributed by atoms with E-state index in [2.05, 4.69) is 20.8 Å². The molecule has 2 aromatic carbocycles. The SMILES string of the molecule is O=C(COC(=O)[C@H](Cc1ccccc1)n1cnnn1)Nc1ccc2c(c1)OCCO2. The first-order valence-electron chi connectivity index (χ1n) is 9.31. The van der Waals surface area contributed by atoms with Crippen LogP contribution in [0.5, 0.6) is 11.5 Å². The molecule has 3 aromatic rings. The van der Waals surface area contributed by atoms with Gasteiger partial charge in [-0.3, -0.25) is 4.79 Å². The number of tetrazole rings is 1. The smallest absolute Gasteiger partial charge is 0.331 e. The van der Waals surface area contributed by atoms with Gasteiger partial charge in [0.05, 0.1) is 0 Å². The highest BCUT2D eigenvalue weighted by Gasteiger charge is 2.25. The topological polar surface area (TPSA) is 117 Å². The Balaban J connectivity index is 1.36. The summed E-state index contributed by atoms with van der Waals surface area (Å²) < 4.78 is 17.5. The lowest BCUT2D eigenvalue weighted by molar-refractivity contribution is -0.151. The van der Waals surface area contributed by atoms with Crippen molar-refractivity contribution in [2.24, 2.45) is 0 Å². The third-order valence-corrected chi connectivity index (χ3v) is 4.40. The summed E-state index contributed by atoms with van der Waals surface area (Å²) in [6.07, 6.45) is 1.67. The Morgan fingerprint density at radius 1 is 1.10 bits per heavy atom. The van der Waals surface area contributed by atoms with Gasteiger partial charge >= 0.3 is 5.97 Å². The van der Waals surface area contributed by atoms with Crippen molar-refractivity contribution in [1.29, 1.82) is 0 Å². The predicted molar refractivity (Wildman–Crippen MR) is 104 cm³/mol. The van der Waals surface area contributed by atoms with Crippen molar-refractivity contribution in [2.45, 2.75) is 12.5 Å². The molecule has 30 heavy (non-hydrogen) atoms. The van der Waals surface area contributed by atoms with Crippen LogP contribution in [0, 0.1) is 0 Å². The number of carbonyl (C=O) groups is 2. The van der Waals surface area contributed by atoms with Gasteiger partial charge in [-0.15, -0.1) is 5.10 Å². The Bertz CT molecular complexity index is 1010. The zero-order valence-corrected chi connectivity index (χ0v) is 15.9. The molecule has 1 aromatic heterocycles. The first-order chi connectivity index (χ1) is 14.7. The fraction of sp³-hybridized carbons (Fsp3) is 0.250. The second-order valence-corrected chi connectivity index (χ2v) is 6.51. The maximum atomic E-state index is 12.6.